The quantitative estimate of drug-likeness (QED) is 0.400. The summed E-state index contributed by atoms with van der Waals surface area (Å²) in [4.78, 5) is 9.03. The summed E-state index contributed by atoms with van der Waals surface area (Å²) < 4.78 is 0. The van der Waals surface area contributed by atoms with E-state index >= 15 is 0 Å². The van der Waals surface area contributed by atoms with Crippen LogP contribution in [0, 0.1) is 5.92 Å². The summed E-state index contributed by atoms with van der Waals surface area (Å²) >= 11 is 4.13. The van der Waals surface area contributed by atoms with Crippen LogP contribution in [0.3, 0.4) is 0 Å². The predicted octanol–water partition coefficient (Wildman–Crippen LogP) is 0.0916. The molecule has 0 saturated heterocycles. The molecule has 0 radical (unpaired) electrons. The van der Waals surface area contributed by atoms with E-state index < -0.39 is 0 Å². The van der Waals surface area contributed by atoms with Crippen LogP contribution >= 0.6 is 12.6 Å². The van der Waals surface area contributed by atoms with E-state index in [9.17, 15) is 0 Å². The molecule has 68 valence electrons. The fourth-order valence-corrected chi connectivity index (χ4v) is 0.943. The minimum absolute atomic E-state index is 0.123. The predicted molar refractivity (Wildman–Crippen MR) is 46.8 cm³/mol. The van der Waals surface area contributed by atoms with Crippen LogP contribution in [0.1, 0.15) is 13.3 Å². The minimum atomic E-state index is -0.123. The van der Waals surface area contributed by atoms with Gasteiger partial charge in [-0.25, -0.2) is 11.8 Å². The molecular formula is C6H16N2O2S. The second-order valence-corrected chi connectivity index (χ2v) is 2.98. The molecule has 0 aromatic carbocycles. The molecular weight excluding hydrogens is 164 g/mol. The van der Waals surface area contributed by atoms with Crippen molar-refractivity contribution >= 4 is 12.6 Å². The van der Waals surface area contributed by atoms with Gasteiger partial charge in [0.2, 0.25) is 0 Å². The molecule has 0 fully saturated rings. The molecule has 2 atom stereocenters. The lowest BCUT2D eigenvalue weighted by Crippen LogP contribution is -2.27. The topological polar surface area (TPSA) is 70.5 Å². The molecule has 0 heterocycles. The van der Waals surface area contributed by atoms with Crippen LogP contribution in [0.5, 0.6) is 0 Å². The first-order chi connectivity index (χ1) is 5.24. The molecule has 5 heteroatoms. The average molecular weight is 180 g/mol. The van der Waals surface area contributed by atoms with E-state index in [1.807, 2.05) is 0 Å². The SMILES string of the molecule is CC(CS)CC(CON)ON. The Labute approximate surface area is 72.5 Å². The number of rotatable bonds is 6. The molecule has 0 amide bonds. The van der Waals surface area contributed by atoms with E-state index in [0.717, 1.165) is 12.2 Å². The van der Waals surface area contributed by atoms with Gasteiger partial charge >= 0.3 is 0 Å². The summed E-state index contributed by atoms with van der Waals surface area (Å²) in [5, 5.41) is 0. The van der Waals surface area contributed by atoms with Gasteiger partial charge in [-0.15, -0.1) is 0 Å². The number of hydrogen-bond acceptors (Lipinski definition) is 5. The van der Waals surface area contributed by atoms with Crippen molar-refractivity contribution < 1.29 is 9.68 Å². The largest absolute Gasteiger partial charge is 0.302 e. The summed E-state index contributed by atoms with van der Waals surface area (Å²) in [6.45, 7) is 2.39. The molecule has 4 nitrogen and oxygen atoms in total. The number of thiol groups is 1. The maximum atomic E-state index is 5.00. The Morgan fingerprint density at radius 2 is 2.09 bits per heavy atom. The minimum Gasteiger partial charge on any atom is -0.302 e. The van der Waals surface area contributed by atoms with Gasteiger partial charge in [-0.1, -0.05) is 6.92 Å². The maximum Gasteiger partial charge on any atom is 0.104 e. The Balaban J connectivity index is 3.49. The highest BCUT2D eigenvalue weighted by atomic mass is 32.1. The van der Waals surface area contributed by atoms with Crippen molar-refractivity contribution in [2.24, 2.45) is 17.7 Å². The average Bonchev–Trinajstić information content (AvgIpc) is 2.03. The molecule has 0 aliphatic carbocycles. The van der Waals surface area contributed by atoms with Gasteiger partial charge in [-0.2, -0.15) is 12.6 Å². The first-order valence-corrected chi connectivity index (χ1v) is 4.15. The maximum absolute atomic E-state index is 5.00. The molecule has 0 aromatic heterocycles. The van der Waals surface area contributed by atoms with Crippen molar-refractivity contribution in [1.29, 1.82) is 0 Å². The van der Waals surface area contributed by atoms with Gasteiger partial charge in [0, 0.05) is 0 Å². The normalized spacial score (nSPS) is 16.4. The second kappa shape index (κ2) is 6.87. The van der Waals surface area contributed by atoms with Crippen LogP contribution in [0.25, 0.3) is 0 Å². The van der Waals surface area contributed by atoms with E-state index in [0.29, 0.717) is 12.5 Å². The van der Waals surface area contributed by atoms with E-state index in [1.54, 1.807) is 0 Å². The third kappa shape index (κ3) is 5.46. The lowest BCUT2D eigenvalue weighted by molar-refractivity contribution is -0.0277. The molecule has 0 spiro atoms. The Morgan fingerprint density at radius 3 is 2.45 bits per heavy atom. The zero-order valence-electron chi connectivity index (χ0n) is 6.69. The van der Waals surface area contributed by atoms with Gasteiger partial charge in [0.25, 0.3) is 0 Å². The van der Waals surface area contributed by atoms with Crippen molar-refractivity contribution in [2.75, 3.05) is 12.4 Å². The Hall–Kier alpha value is 0.190. The van der Waals surface area contributed by atoms with E-state index in [4.69, 9.17) is 11.8 Å². The Bertz CT molecular complexity index is 94.7. The molecule has 11 heavy (non-hydrogen) atoms. The van der Waals surface area contributed by atoms with Crippen molar-refractivity contribution in [1.82, 2.24) is 0 Å². The highest BCUT2D eigenvalue weighted by molar-refractivity contribution is 7.80. The van der Waals surface area contributed by atoms with Crippen LogP contribution in [-0.2, 0) is 9.68 Å². The Morgan fingerprint density at radius 1 is 1.45 bits per heavy atom. The van der Waals surface area contributed by atoms with Gasteiger partial charge in [0.1, 0.15) is 6.10 Å². The van der Waals surface area contributed by atoms with Gasteiger partial charge in [0.05, 0.1) is 6.61 Å². The second-order valence-electron chi connectivity index (χ2n) is 2.61. The lowest BCUT2D eigenvalue weighted by atomic mass is 10.1. The summed E-state index contributed by atoms with van der Waals surface area (Å²) in [6.07, 6.45) is 0.694. The van der Waals surface area contributed by atoms with Gasteiger partial charge in [-0.05, 0) is 18.1 Å². The zero-order valence-corrected chi connectivity index (χ0v) is 7.59. The Kier molecular flexibility index (Phi) is 6.99. The van der Waals surface area contributed by atoms with Crippen molar-refractivity contribution in [3.05, 3.63) is 0 Å². The van der Waals surface area contributed by atoms with Gasteiger partial charge in [-0.3, -0.25) is 4.84 Å². The van der Waals surface area contributed by atoms with Crippen molar-refractivity contribution in [3.63, 3.8) is 0 Å². The van der Waals surface area contributed by atoms with E-state index in [1.165, 1.54) is 0 Å². The fraction of sp³-hybridized carbons (Fsp3) is 1.00. The molecule has 0 aliphatic rings. The van der Waals surface area contributed by atoms with Gasteiger partial charge < -0.3 is 4.84 Å². The molecule has 4 N–H and O–H groups in total. The fourth-order valence-electron chi connectivity index (χ4n) is 0.794. The third-order valence-electron chi connectivity index (χ3n) is 1.45. The number of hydrogen-bond donors (Lipinski definition) is 3. The highest BCUT2D eigenvalue weighted by Crippen LogP contribution is 2.08. The van der Waals surface area contributed by atoms with Gasteiger partial charge in [0.15, 0.2) is 0 Å². The molecule has 0 aliphatic heterocycles. The van der Waals surface area contributed by atoms with E-state index in [-0.39, 0.29) is 6.10 Å². The molecule has 2 unspecified atom stereocenters. The lowest BCUT2D eigenvalue weighted by Gasteiger charge is -2.16. The monoisotopic (exact) mass is 180 g/mol. The van der Waals surface area contributed by atoms with Crippen molar-refractivity contribution in [2.45, 2.75) is 19.4 Å². The van der Waals surface area contributed by atoms with Crippen LogP contribution in [0.2, 0.25) is 0 Å². The highest BCUT2D eigenvalue weighted by Gasteiger charge is 2.11. The third-order valence-corrected chi connectivity index (χ3v) is 2.07. The molecule has 0 aromatic rings. The van der Waals surface area contributed by atoms with Crippen LogP contribution in [0.15, 0.2) is 0 Å². The van der Waals surface area contributed by atoms with Crippen LogP contribution in [0.4, 0.5) is 0 Å². The molecule has 0 bridgehead atoms. The zero-order chi connectivity index (χ0) is 8.69. The molecule has 0 saturated carbocycles. The summed E-state index contributed by atoms with van der Waals surface area (Å²) in [7, 11) is 0. The molecule has 0 rings (SSSR count). The smallest absolute Gasteiger partial charge is 0.104 e. The van der Waals surface area contributed by atoms with Crippen LogP contribution < -0.4 is 11.8 Å². The summed E-state index contributed by atoms with van der Waals surface area (Å²) in [5.74, 6) is 11.1. The standard InChI is InChI=1S/C6H16N2O2S/c1-5(4-11)2-6(10-8)3-9-7/h5-6,11H,2-4,7-8H2,1H3. The van der Waals surface area contributed by atoms with E-state index in [2.05, 4.69) is 29.2 Å². The first kappa shape index (κ1) is 11.2. The first-order valence-electron chi connectivity index (χ1n) is 3.52. The summed E-state index contributed by atoms with van der Waals surface area (Å²) in [6, 6.07) is 0. The van der Waals surface area contributed by atoms with Crippen molar-refractivity contribution in [3.8, 4) is 0 Å². The summed E-state index contributed by atoms with van der Waals surface area (Å²) in [5.41, 5.74) is 0. The number of nitrogens with two attached hydrogens (primary N) is 2. The van der Waals surface area contributed by atoms with Crippen LogP contribution in [-0.4, -0.2) is 18.5 Å².